The highest BCUT2D eigenvalue weighted by Gasteiger charge is 2.66. The Balaban J connectivity index is 1.38. The minimum absolute atomic E-state index is 0.152. The second-order valence-electron chi connectivity index (χ2n) is 9.46. The van der Waals surface area contributed by atoms with Crippen LogP contribution in [0.3, 0.4) is 0 Å². The van der Waals surface area contributed by atoms with Crippen molar-refractivity contribution in [1.29, 1.82) is 0 Å². The predicted octanol–water partition coefficient (Wildman–Crippen LogP) is 3.67. The van der Waals surface area contributed by atoms with E-state index in [1.54, 1.807) is 38.2 Å². The fourth-order valence-corrected chi connectivity index (χ4v) is 7.88. The first kappa shape index (κ1) is 30.2. The number of thioether (sulfide) groups is 2. The maximum Gasteiger partial charge on any atom is 0.330 e. The normalized spacial score (nSPS) is 23.7. The molecule has 41 heavy (non-hydrogen) atoms. The molecular formula is C23H21Cl4N7O5S2. The number of amides is 2. The van der Waals surface area contributed by atoms with Gasteiger partial charge in [0, 0.05) is 18.4 Å². The van der Waals surface area contributed by atoms with E-state index in [0.717, 1.165) is 0 Å². The van der Waals surface area contributed by atoms with Gasteiger partial charge in [-0.25, -0.2) is 9.48 Å². The Morgan fingerprint density at radius 1 is 1.29 bits per heavy atom. The summed E-state index contributed by atoms with van der Waals surface area (Å²) >= 11 is 26.4. The highest BCUT2D eigenvalue weighted by molar-refractivity contribution is 8.04. The van der Waals surface area contributed by atoms with Crippen LogP contribution in [0.4, 0.5) is 0 Å². The summed E-state index contributed by atoms with van der Waals surface area (Å²) < 4.78 is 9.38. The van der Waals surface area contributed by atoms with Crippen molar-refractivity contribution < 1.29 is 23.6 Å². The zero-order valence-corrected chi connectivity index (χ0v) is 26.2. The van der Waals surface area contributed by atoms with Crippen molar-refractivity contribution in [2.45, 2.75) is 45.0 Å². The number of carbonyl (C=O) groups is 3. The quantitative estimate of drug-likeness (QED) is 0.161. The van der Waals surface area contributed by atoms with Gasteiger partial charge in [0.1, 0.15) is 41.1 Å². The summed E-state index contributed by atoms with van der Waals surface area (Å²) in [6.07, 6.45) is 0. The number of carbonyl (C=O) groups excluding carboxylic acids is 3. The molecule has 0 aliphatic carbocycles. The molecule has 2 saturated heterocycles. The Labute approximate surface area is 262 Å². The number of esters is 1. The van der Waals surface area contributed by atoms with E-state index in [4.69, 9.17) is 55.7 Å². The largest absolute Gasteiger partial charge is 0.460 e. The first-order chi connectivity index (χ1) is 19.3. The fraction of sp³-hybridized carbons (Fsp3) is 0.435. The maximum atomic E-state index is 13.5. The topological polar surface area (TPSA) is 145 Å². The van der Waals surface area contributed by atoms with Gasteiger partial charge in [-0.2, -0.15) is 0 Å². The molecule has 2 aromatic heterocycles. The van der Waals surface area contributed by atoms with E-state index in [1.165, 1.54) is 33.1 Å². The zero-order valence-electron chi connectivity index (χ0n) is 21.5. The number of halogens is 4. The molecule has 1 N–H and O–H groups in total. The van der Waals surface area contributed by atoms with Crippen molar-refractivity contribution in [2.24, 2.45) is 7.05 Å². The summed E-state index contributed by atoms with van der Waals surface area (Å²) in [6, 6.07) is 4.92. The minimum Gasteiger partial charge on any atom is -0.460 e. The van der Waals surface area contributed by atoms with Crippen LogP contribution in [0, 0.1) is 6.92 Å². The number of ether oxygens (including phenoxy) is 1. The molecule has 4 atom stereocenters. The Morgan fingerprint density at radius 3 is 2.68 bits per heavy atom. The van der Waals surface area contributed by atoms with Gasteiger partial charge in [0.15, 0.2) is 0 Å². The molecule has 2 aliphatic rings. The molecular weight excluding hydrogens is 660 g/mol. The van der Waals surface area contributed by atoms with Crippen LogP contribution >= 0.6 is 69.9 Å². The molecule has 12 nitrogen and oxygen atoms in total. The highest BCUT2D eigenvalue weighted by atomic mass is 35.6. The summed E-state index contributed by atoms with van der Waals surface area (Å²) in [6.45, 7) is 2.91. The number of nitrogens with one attached hydrogen (secondary N) is 1. The van der Waals surface area contributed by atoms with Crippen molar-refractivity contribution in [3.8, 4) is 11.3 Å². The van der Waals surface area contributed by atoms with Gasteiger partial charge < -0.3 is 19.5 Å². The lowest BCUT2D eigenvalue weighted by Gasteiger charge is -2.44. The summed E-state index contributed by atoms with van der Waals surface area (Å²) in [4.78, 5) is 41.6. The van der Waals surface area contributed by atoms with E-state index in [-0.39, 0.29) is 17.0 Å². The van der Waals surface area contributed by atoms with Gasteiger partial charge in [-0.05, 0) is 30.3 Å². The molecule has 5 rings (SSSR count). The van der Waals surface area contributed by atoms with E-state index in [9.17, 15) is 14.4 Å². The Hall–Kier alpha value is -2.23. The number of tetrazole rings is 1. The van der Waals surface area contributed by atoms with Gasteiger partial charge in [-0.3, -0.25) is 9.59 Å². The lowest BCUT2D eigenvalue weighted by molar-refractivity contribution is -0.163. The second kappa shape index (κ2) is 11.5. The van der Waals surface area contributed by atoms with Crippen LogP contribution in [-0.4, -0.2) is 86.4 Å². The van der Waals surface area contributed by atoms with Crippen molar-refractivity contribution >= 4 is 87.7 Å². The van der Waals surface area contributed by atoms with Crippen LogP contribution in [0.1, 0.15) is 23.0 Å². The molecule has 0 spiro atoms. The fourth-order valence-electron chi connectivity index (χ4n) is 4.60. The zero-order chi connectivity index (χ0) is 29.7. The number of hydrogen-bond acceptors (Lipinski definition) is 11. The molecule has 218 valence electrons. The molecule has 3 unspecified atom stereocenters. The van der Waals surface area contributed by atoms with E-state index < -0.39 is 50.4 Å². The molecule has 0 bridgehead atoms. The van der Waals surface area contributed by atoms with Crippen molar-refractivity contribution in [3.05, 3.63) is 40.6 Å². The molecule has 2 fully saturated rings. The summed E-state index contributed by atoms with van der Waals surface area (Å²) in [5, 5.41) is 18.6. The number of aryl methyl sites for hydroxylation is 2. The number of hydrogen-bond donors (Lipinski definition) is 1. The Morgan fingerprint density at radius 2 is 2.02 bits per heavy atom. The van der Waals surface area contributed by atoms with Crippen LogP contribution in [0.2, 0.25) is 5.02 Å². The van der Waals surface area contributed by atoms with Gasteiger partial charge in [-0.1, -0.05) is 81.5 Å². The van der Waals surface area contributed by atoms with Crippen LogP contribution in [0.5, 0.6) is 0 Å². The molecule has 3 aromatic rings. The number of nitrogens with zero attached hydrogens (tertiary/aromatic N) is 6. The van der Waals surface area contributed by atoms with Gasteiger partial charge in [0.05, 0.1) is 9.77 Å². The molecule has 0 saturated carbocycles. The molecule has 2 amide bonds. The van der Waals surface area contributed by atoms with Crippen LogP contribution in [0.25, 0.3) is 11.3 Å². The second-order valence-corrected chi connectivity index (χ2v) is 15.0. The number of fused-ring (bicyclic) bond motifs is 1. The van der Waals surface area contributed by atoms with E-state index in [0.29, 0.717) is 21.5 Å². The van der Waals surface area contributed by atoms with Gasteiger partial charge in [0.2, 0.25) is 14.9 Å². The van der Waals surface area contributed by atoms with Crippen molar-refractivity contribution in [1.82, 2.24) is 35.6 Å². The molecule has 2 aliphatic heterocycles. The number of benzene rings is 1. The molecule has 1 aromatic carbocycles. The van der Waals surface area contributed by atoms with Gasteiger partial charge >= 0.3 is 5.97 Å². The standard InChI is InChI=1S/C23H21Cl4N7O5S2/c1-10-13(14(30-39-10)11-6-4-5-7-12(11)24)17(35)28-15-18(36)34-16(20(37)38-8-23(25,26)27)22(2,41-19(15)34)9-40-21-29-31-32-33(21)3/h4-7,15-16,19H,8-9H2,1-3H3,(H,28,35)/t15?,16?,19-,22?/m0/s1. The summed E-state index contributed by atoms with van der Waals surface area (Å²) in [7, 11) is 1.69. The number of aromatic nitrogens is 5. The van der Waals surface area contributed by atoms with Crippen molar-refractivity contribution in [3.63, 3.8) is 0 Å². The monoisotopic (exact) mass is 679 g/mol. The smallest absolute Gasteiger partial charge is 0.330 e. The number of alkyl halides is 3. The first-order valence-corrected chi connectivity index (χ1v) is 15.3. The number of β-lactam (4-membered cyclic amide) rings is 1. The summed E-state index contributed by atoms with van der Waals surface area (Å²) in [5.74, 6) is -1.19. The average Bonchev–Trinajstić information content (AvgIpc) is 3.58. The van der Waals surface area contributed by atoms with E-state index in [2.05, 4.69) is 26.0 Å². The van der Waals surface area contributed by atoms with Crippen LogP contribution in [-0.2, 0) is 21.4 Å². The van der Waals surface area contributed by atoms with Crippen LogP contribution in [0.15, 0.2) is 33.9 Å². The maximum absolute atomic E-state index is 13.5. The van der Waals surface area contributed by atoms with E-state index in [1.807, 2.05) is 6.92 Å². The van der Waals surface area contributed by atoms with Gasteiger partial charge in [0.25, 0.3) is 5.91 Å². The number of rotatable bonds is 8. The predicted molar refractivity (Wildman–Crippen MR) is 154 cm³/mol. The van der Waals surface area contributed by atoms with Crippen LogP contribution < -0.4 is 5.32 Å². The third kappa shape index (κ3) is 5.87. The van der Waals surface area contributed by atoms with Gasteiger partial charge in [-0.15, -0.1) is 16.9 Å². The minimum atomic E-state index is -1.83. The Bertz CT molecular complexity index is 1520. The third-order valence-electron chi connectivity index (χ3n) is 6.50. The first-order valence-electron chi connectivity index (χ1n) is 11.9. The third-order valence-corrected chi connectivity index (χ3v) is 10.3. The SMILES string of the molecule is Cc1onc(-c2ccccc2Cl)c1C(=O)NC1C(=O)N2C(C(=O)OCC(Cl)(Cl)Cl)C(C)(CSc3nnnn3C)S[C@@H]12. The van der Waals surface area contributed by atoms with E-state index >= 15 is 0 Å². The lowest BCUT2D eigenvalue weighted by atomic mass is 9.95. The molecule has 4 heterocycles. The average molecular weight is 681 g/mol. The summed E-state index contributed by atoms with van der Waals surface area (Å²) in [5.41, 5.74) is 0.909. The Kier molecular flexibility index (Phi) is 8.45. The molecule has 18 heteroatoms. The lowest BCUT2D eigenvalue weighted by Crippen LogP contribution is -2.71. The highest BCUT2D eigenvalue weighted by Crippen LogP contribution is 2.53. The molecule has 0 radical (unpaired) electrons. The van der Waals surface area contributed by atoms with Crippen molar-refractivity contribution in [2.75, 3.05) is 12.4 Å².